The zero-order valence-electron chi connectivity index (χ0n) is 14.4. The van der Waals surface area contributed by atoms with Gasteiger partial charge >= 0.3 is 0 Å². The van der Waals surface area contributed by atoms with Gasteiger partial charge in [0.15, 0.2) is 0 Å². The molecule has 0 radical (unpaired) electrons. The van der Waals surface area contributed by atoms with E-state index in [0.717, 1.165) is 18.8 Å². The second kappa shape index (κ2) is 7.13. The van der Waals surface area contributed by atoms with Gasteiger partial charge in [-0.1, -0.05) is 6.07 Å². The largest absolute Gasteiger partial charge is 0.353 e. The number of nitrogens with one attached hydrogen (secondary N) is 2. The first-order chi connectivity index (χ1) is 11.5. The highest BCUT2D eigenvalue weighted by atomic mass is 19.1. The molecule has 5 nitrogen and oxygen atoms in total. The molecule has 1 fully saturated rings. The van der Waals surface area contributed by atoms with E-state index in [1.54, 1.807) is 13.0 Å². The van der Waals surface area contributed by atoms with Crippen molar-refractivity contribution in [3.05, 3.63) is 41.3 Å². The molecule has 0 unspecified atom stereocenters. The van der Waals surface area contributed by atoms with Crippen molar-refractivity contribution in [3.8, 4) is 0 Å². The molecule has 0 spiro atoms. The molecule has 0 amide bonds. The minimum Gasteiger partial charge on any atom is -0.353 e. The van der Waals surface area contributed by atoms with Crippen molar-refractivity contribution in [3.63, 3.8) is 0 Å². The molecule has 1 aromatic heterocycles. The number of aromatic nitrogens is 2. The third-order valence-corrected chi connectivity index (χ3v) is 4.03. The molecule has 1 aliphatic rings. The first-order valence-corrected chi connectivity index (χ1v) is 8.32. The SMILES string of the molecule is Cc1ccc(Nc2cc(C3CC3)nc(NCCN(C)C)n2)cc1F. The Morgan fingerprint density at radius 2 is 2.00 bits per heavy atom. The van der Waals surface area contributed by atoms with Gasteiger partial charge in [-0.3, -0.25) is 0 Å². The molecule has 2 N–H and O–H groups in total. The van der Waals surface area contributed by atoms with Crippen LogP contribution < -0.4 is 10.6 Å². The molecule has 0 atom stereocenters. The number of hydrogen-bond donors (Lipinski definition) is 2. The Morgan fingerprint density at radius 3 is 2.67 bits per heavy atom. The highest BCUT2D eigenvalue weighted by Crippen LogP contribution is 2.40. The summed E-state index contributed by atoms with van der Waals surface area (Å²) in [5.41, 5.74) is 2.37. The monoisotopic (exact) mass is 329 g/mol. The number of nitrogens with zero attached hydrogens (tertiary/aromatic N) is 3. The average molecular weight is 329 g/mol. The highest BCUT2D eigenvalue weighted by Gasteiger charge is 2.26. The number of likely N-dealkylation sites (N-methyl/N-ethyl adjacent to an activating group) is 1. The van der Waals surface area contributed by atoms with Crippen molar-refractivity contribution in [2.45, 2.75) is 25.7 Å². The lowest BCUT2D eigenvalue weighted by molar-refractivity contribution is 0.425. The molecule has 24 heavy (non-hydrogen) atoms. The van der Waals surface area contributed by atoms with E-state index >= 15 is 0 Å². The van der Waals surface area contributed by atoms with Crippen LogP contribution in [0.1, 0.15) is 30.0 Å². The first kappa shape index (κ1) is 16.6. The number of rotatable bonds is 7. The van der Waals surface area contributed by atoms with Crippen molar-refractivity contribution < 1.29 is 4.39 Å². The van der Waals surface area contributed by atoms with Crippen LogP contribution in [0.25, 0.3) is 0 Å². The quantitative estimate of drug-likeness (QED) is 0.814. The van der Waals surface area contributed by atoms with E-state index in [4.69, 9.17) is 0 Å². The summed E-state index contributed by atoms with van der Waals surface area (Å²) in [4.78, 5) is 11.2. The lowest BCUT2D eigenvalue weighted by Crippen LogP contribution is -2.21. The van der Waals surface area contributed by atoms with Crippen LogP contribution >= 0.6 is 0 Å². The summed E-state index contributed by atoms with van der Waals surface area (Å²) in [6.07, 6.45) is 2.35. The predicted octanol–water partition coefficient (Wildman–Crippen LogP) is 3.52. The molecule has 1 heterocycles. The molecule has 3 rings (SSSR count). The fourth-order valence-corrected chi connectivity index (χ4v) is 2.41. The van der Waals surface area contributed by atoms with Crippen LogP contribution in [0.2, 0.25) is 0 Å². The second-order valence-corrected chi connectivity index (χ2v) is 6.59. The molecule has 0 bridgehead atoms. The van der Waals surface area contributed by atoms with Crippen LogP contribution in [0.4, 0.5) is 21.8 Å². The zero-order chi connectivity index (χ0) is 17.1. The maximum Gasteiger partial charge on any atom is 0.224 e. The predicted molar refractivity (Wildman–Crippen MR) is 95.5 cm³/mol. The Bertz CT molecular complexity index is 713. The summed E-state index contributed by atoms with van der Waals surface area (Å²) in [7, 11) is 4.06. The zero-order valence-corrected chi connectivity index (χ0v) is 14.4. The summed E-state index contributed by atoms with van der Waals surface area (Å²) in [6, 6.07) is 7.08. The van der Waals surface area contributed by atoms with E-state index < -0.39 is 0 Å². The molecule has 2 aromatic rings. The maximum absolute atomic E-state index is 13.7. The number of anilines is 3. The molecule has 1 aliphatic carbocycles. The lowest BCUT2D eigenvalue weighted by Gasteiger charge is -2.13. The molecule has 6 heteroatoms. The smallest absolute Gasteiger partial charge is 0.224 e. The summed E-state index contributed by atoms with van der Waals surface area (Å²) in [5.74, 6) is 1.62. The number of hydrogen-bond acceptors (Lipinski definition) is 5. The summed E-state index contributed by atoms with van der Waals surface area (Å²) in [5, 5.41) is 6.46. The third-order valence-electron chi connectivity index (χ3n) is 4.03. The Labute approximate surface area is 142 Å². The molecule has 1 aromatic carbocycles. The van der Waals surface area contributed by atoms with Gasteiger partial charge in [0.05, 0.1) is 5.69 Å². The fourth-order valence-electron chi connectivity index (χ4n) is 2.41. The van der Waals surface area contributed by atoms with Crippen LogP contribution in [0.15, 0.2) is 24.3 Å². The normalized spacial score (nSPS) is 14.0. The van der Waals surface area contributed by atoms with E-state index in [9.17, 15) is 4.39 Å². The van der Waals surface area contributed by atoms with E-state index in [0.29, 0.717) is 28.9 Å². The molecular formula is C18H24FN5. The van der Waals surface area contributed by atoms with Crippen molar-refractivity contribution in [1.82, 2.24) is 14.9 Å². The third kappa shape index (κ3) is 4.41. The summed E-state index contributed by atoms with van der Waals surface area (Å²) < 4.78 is 13.7. The minimum absolute atomic E-state index is 0.221. The number of halogens is 1. The molecule has 0 saturated heterocycles. The van der Waals surface area contributed by atoms with E-state index in [1.807, 2.05) is 26.2 Å². The van der Waals surface area contributed by atoms with E-state index in [-0.39, 0.29) is 5.82 Å². The highest BCUT2D eigenvalue weighted by molar-refractivity contribution is 5.58. The van der Waals surface area contributed by atoms with Crippen molar-refractivity contribution in [2.75, 3.05) is 37.8 Å². The van der Waals surface area contributed by atoms with Gasteiger partial charge in [-0.2, -0.15) is 4.98 Å². The van der Waals surface area contributed by atoms with Gasteiger partial charge in [-0.25, -0.2) is 9.37 Å². The Kier molecular flexibility index (Phi) is 4.94. The van der Waals surface area contributed by atoms with E-state index in [2.05, 4.69) is 25.5 Å². The maximum atomic E-state index is 13.7. The fraction of sp³-hybridized carbons (Fsp3) is 0.444. The average Bonchev–Trinajstić information content (AvgIpc) is 3.35. The minimum atomic E-state index is -0.221. The van der Waals surface area contributed by atoms with Crippen molar-refractivity contribution in [2.24, 2.45) is 0 Å². The number of aryl methyl sites for hydroxylation is 1. The van der Waals surface area contributed by atoms with Crippen LogP contribution in [-0.2, 0) is 0 Å². The second-order valence-electron chi connectivity index (χ2n) is 6.59. The van der Waals surface area contributed by atoms with Gasteiger partial charge in [0.2, 0.25) is 5.95 Å². The van der Waals surface area contributed by atoms with Crippen LogP contribution in [0.3, 0.4) is 0 Å². The molecular weight excluding hydrogens is 305 g/mol. The number of benzene rings is 1. The van der Waals surface area contributed by atoms with Gasteiger partial charge in [0.25, 0.3) is 0 Å². The molecule has 128 valence electrons. The van der Waals surface area contributed by atoms with Gasteiger partial charge in [0.1, 0.15) is 11.6 Å². The van der Waals surface area contributed by atoms with Crippen LogP contribution in [0, 0.1) is 12.7 Å². The Hall–Kier alpha value is -2.21. The lowest BCUT2D eigenvalue weighted by atomic mass is 10.2. The Morgan fingerprint density at radius 1 is 1.21 bits per heavy atom. The standard InChI is InChI=1S/C18H24FN5/c1-12-4-7-14(10-15(12)19)21-17-11-16(13-5-6-13)22-18(23-17)20-8-9-24(2)3/h4,7,10-11,13H,5-6,8-9H2,1-3H3,(H2,20,21,22,23). The summed E-state index contributed by atoms with van der Waals surface area (Å²) >= 11 is 0. The Balaban J connectivity index is 1.77. The van der Waals surface area contributed by atoms with Gasteiger partial charge in [0, 0.05) is 30.8 Å². The topological polar surface area (TPSA) is 53.1 Å². The van der Waals surface area contributed by atoms with Gasteiger partial charge < -0.3 is 15.5 Å². The summed E-state index contributed by atoms with van der Waals surface area (Å²) in [6.45, 7) is 3.43. The van der Waals surface area contributed by atoms with E-state index in [1.165, 1.54) is 18.9 Å². The molecule has 0 aliphatic heterocycles. The van der Waals surface area contributed by atoms with Crippen molar-refractivity contribution in [1.29, 1.82) is 0 Å². The van der Waals surface area contributed by atoms with Gasteiger partial charge in [-0.05, 0) is 51.6 Å². The van der Waals surface area contributed by atoms with Crippen LogP contribution in [-0.4, -0.2) is 42.1 Å². The van der Waals surface area contributed by atoms with Gasteiger partial charge in [-0.15, -0.1) is 0 Å². The van der Waals surface area contributed by atoms with Crippen molar-refractivity contribution >= 4 is 17.5 Å². The van der Waals surface area contributed by atoms with Crippen LogP contribution in [0.5, 0.6) is 0 Å². The first-order valence-electron chi connectivity index (χ1n) is 8.32. The molecule has 1 saturated carbocycles.